The second-order valence-corrected chi connectivity index (χ2v) is 8.82. The normalized spacial score (nSPS) is 16.2. The van der Waals surface area contributed by atoms with E-state index in [4.69, 9.17) is 11.6 Å². The van der Waals surface area contributed by atoms with Gasteiger partial charge in [0.15, 0.2) is 0 Å². The summed E-state index contributed by atoms with van der Waals surface area (Å²) in [6.07, 6.45) is 5.84. The highest BCUT2D eigenvalue weighted by Crippen LogP contribution is 2.44. The monoisotopic (exact) mass is 433 g/mol. The third-order valence-corrected chi connectivity index (χ3v) is 6.49. The minimum Gasteiger partial charge on any atom is -0.348 e. The van der Waals surface area contributed by atoms with Crippen molar-refractivity contribution in [1.29, 1.82) is 0 Å². The van der Waals surface area contributed by atoms with Gasteiger partial charge in [0.25, 0.3) is 0 Å². The number of carbonyl (C=O) groups is 2. The van der Waals surface area contributed by atoms with Crippen molar-refractivity contribution in [2.24, 2.45) is 0 Å². The summed E-state index contributed by atoms with van der Waals surface area (Å²) in [7, 11) is 0. The highest BCUT2D eigenvalue weighted by molar-refractivity contribution is 6.33. The van der Waals surface area contributed by atoms with E-state index < -0.39 is 0 Å². The first kappa shape index (κ1) is 19.9. The fraction of sp³-hybridized carbons (Fsp3) is 0.280. The molecule has 0 atom stereocenters. The fourth-order valence-electron chi connectivity index (χ4n) is 4.34. The first-order valence-electron chi connectivity index (χ1n) is 10.6. The molecule has 6 heteroatoms. The highest BCUT2D eigenvalue weighted by Gasteiger charge is 2.31. The molecule has 0 bridgehead atoms. The van der Waals surface area contributed by atoms with Gasteiger partial charge in [-0.15, -0.1) is 0 Å². The standard InChI is InChI=1S/C25H24ClN3O2/c1-2-25(31)29-12-18(13-29)27-24(30)15-28-14-21(16-7-8-16)20-10-9-17(11-23(20)28)19-5-3-4-6-22(19)26/h2-6,9-11,14,16,18H,1,7-8,12-13,15H2,(H,27,30). The number of benzene rings is 2. The number of nitrogens with one attached hydrogen (secondary N) is 1. The summed E-state index contributed by atoms with van der Waals surface area (Å²) in [6, 6.07) is 14.2. The molecule has 1 aliphatic carbocycles. The molecule has 1 saturated carbocycles. The third kappa shape index (κ3) is 3.86. The van der Waals surface area contributed by atoms with Crippen molar-refractivity contribution in [2.75, 3.05) is 13.1 Å². The van der Waals surface area contributed by atoms with Crippen LogP contribution in [0.5, 0.6) is 0 Å². The van der Waals surface area contributed by atoms with Crippen molar-refractivity contribution in [3.63, 3.8) is 0 Å². The van der Waals surface area contributed by atoms with Crippen LogP contribution in [-0.2, 0) is 16.1 Å². The van der Waals surface area contributed by atoms with Crippen LogP contribution in [0.3, 0.4) is 0 Å². The van der Waals surface area contributed by atoms with Crippen molar-refractivity contribution < 1.29 is 9.59 Å². The number of fused-ring (bicyclic) bond motifs is 1. The molecule has 2 aromatic carbocycles. The van der Waals surface area contributed by atoms with Crippen LogP contribution >= 0.6 is 11.6 Å². The van der Waals surface area contributed by atoms with Gasteiger partial charge in [0.2, 0.25) is 11.8 Å². The minimum atomic E-state index is -0.0944. The molecule has 2 heterocycles. The molecule has 3 aromatic rings. The summed E-state index contributed by atoms with van der Waals surface area (Å²) in [4.78, 5) is 26.0. The number of nitrogens with zero attached hydrogens (tertiary/aromatic N) is 2. The maximum absolute atomic E-state index is 12.7. The van der Waals surface area contributed by atoms with Gasteiger partial charge < -0.3 is 14.8 Å². The van der Waals surface area contributed by atoms with Gasteiger partial charge in [0, 0.05) is 40.8 Å². The predicted octanol–water partition coefficient (Wildman–Crippen LogP) is 4.35. The molecule has 1 N–H and O–H groups in total. The number of hydrogen-bond acceptors (Lipinski definition) is 2. The number of likely N-dealkylation sites (tertiary alicyclic amines) is 1. The average Bonchev–Trinajstić information content (AvgIpc) is 3.53. The Hall–Kier alpha value is -3.05. The molecule has 2 aliphatic rings. The molecule has 2 fully saturated rings. The molecule has 2 amide bonds. The Morgan fingerprint density at radius 1 is 1.16 bits per heavy atom. The van der Waals surface area contributed by atoms with Crippen molar-refractivity contribution in [2.45, 2.75) is 31.3 Å². The molecule has 158 valence electrons. The zero-order chi connectivity index (χ0) is 21.5. The van der Waals surface area contributed by atoms with Crippen LogP contribution in [0.15, 0.2) is 61.3 Å². The van der Waals surface area contributed by atoms with Gasteiger partial charge in [-0.2, -0.15) is 0 Å². The predicted molar refractivity (Wildman–Crippen MR) is 123 cm³/mol. The Bertz CT molecular complexity index is 1190. The second-order valence-electron chi connectivity index (χ2n) is 8.41. The summed E-state index contributed by atoms with van der Waals surface area (Å²) in [5.74, 6) is 0.448. The fourth-order valence-corrected chi connectivity index (χ4v) is 4.59. The maximum atomic E-state index is 12.7. The summed E-state index contributed by atoms with van der Waals surface area (Å²) in [5, 5.41) is 4.96. The largest absolute Gasteiger partial charge is 0.348 e. The van der Waals surface area contributed by atoms with E-state index in [0.717, 1.165) is 16.6 Å². The summed E-state index contributed by atoms with van der Waals surface area (Å²) in [6.45, 7) is 4.82. The van der Waals surface area contributed by atoms with Gasteiger partial charge in [-0.25, -0.2) is 0 Å². The van der Waals surface area contributed by atoms with Gasteiger partial charge >= 0.3 is 0 Å². The van der Waals surface area contributed by atoms with E-state index >= 15 is 0 Å². The van der Waals surface area contributed by atoms with Crippen molar-refractivity contribution in [3.05, 3.63) is 71.9 Å². The molecule has 1 aliphatic heterocycles. The van der Waals surface area contributed by atoms with Gasteiger partial charge in [-0.05, 0) is 48.1 Å². The van der Waals surface area contributed by atoms with Crippen molar-refractivity contribution in [1.82, 2.24) is 14.8 Å². The van der Waals surface area contributed by atoms with E-state index in [9.17, 15) is 9.59 Å². The zero-order valence-electron chi connectivity index (χ0n) is 17.2. The number of halogens is 1. The van der Waals surface area contributed by atoms with E-state index in [1.165, 1.54) is 29.9 Å². The first-order chi connectivity index (χ1) is 15.0. The maximum Gasteiger partial charge on any atom is 0.246 e. The lowest BCUT2D eigenvalue weighted by Crippen LogP contribution is -2.61. The Morgan fingerprint density at radius 2 is 1.94 bits per heavy atom. The van der Waals surface area contributed by atoms with Crippen LogP contribution in [-0.4, -0.2) is 40.4 Å². The third-order valence-electron chi connectivity index (χ3n) is 6.16. The number of carbonyl (C=O) groups excluding carboxylic acids is 2. The molecule has 1 aromatic heterocycles. The summed E-state index contributed by atoms with van der Waals surface area (Å²) >= 11 is 6.42. The molecular formula is C25H24ClN3O2. The molecule has 5 rings (SSSR count). The number of amides is 2. The molecular weight excluding hydrogens is 410 g/mol. The van der Waals surface area contributed by atoms with Crippen LogP contribution < -0.4 is 5.32 Å². The quantitative estimate of drug-likeness (QED) is 0.587. The lowest BCUT2D eigenvalue weighted by Gasteiger charge is -2.38. The summed E-state index contributed by atoms with van der Waals surface area (Å²) < 4.78 is 2.05. The van der Waals surface area contributed by atoms with Crippen LogP contribution in [0.1, 0.15) is 24.3 Å². The topological polar surface area (TPSA) is 54.3 Å². The number of hydrogen-bond donors (Lipinski definition) is 1. The second kappa shape index (κ2) is 7.89. The SMILES string of the molecule is C=CC(=O)N1CC(NC(=O)Cn2cc(C3CC3)c3ccc(-c4ccccc4Cl)cc32)C1. The Labute approximate surface area is 186 Å². The number of rotatable bonds is 6. The van der Waals surface area contributed by atoms with E-state index in [0.29, 0.717) is 24.0 Å². The average molecular weight is 434 g/mol. The van der Waals surface area contributed by atoms with E-state index in [1.54, 1.807) is 4.90 Å². The Balaban J connectivity index is 1.39. The number of aromatic nitrogens is 1. The lowest BCUT2D eigenvalue weighted by atomic mass is 10.0. The van der Waals surface area contributed by atoms with Crippen molar-refractivity contribution in [3.8, 4) is 11.1 Å². The highest BCUT2D eigenvalue weighted by atomic mass is 35.5. The zero-order valence-corrected chi connectivity index (χ0v) is 17.9. The van der Waals surface area contributed by atoms with Crippen LogP contribution in [0.25, 0.3) is 22.0 Å². The Kier molecular flexibility index (Phi) is 5.06. The minimum absolute atomic E-state index is 0.000171. The van der Waals surface area contributed by atoms with E-state index in [-0.39, 0.29) is 24.4 Å². The van der Waals surface area contributed by atoms with Gasteiger partial charge in [-0.3, -0.25) is 9.59 Å². The van der Waals surface area contributed by atoms with Gasteiger partial charge in [0.1, 0.15) is 6.54 Å². The van der Waals surface area contributed by atoms with E-state index in [1.807, 2.05) is 28.8 Å². The van der Waals surface area contributed by atoms with Gasteiger partial charge in [-0.1, -0.05) is 48.5 Å². The molecule has 5 nitrogen and oxygen atoms in total. The molecule has 0 radical (unpaired) electrons. The summed E-state index contributed by atoms with van der Waals surface area (Å²) in [5.41, 5.74) is 4.39. The van der Waals surface area contributed by atoms with Gasteiger partial charge in [0.05, 0.1) is 6.04 Å². The van der Waals surface area contributed by atoms with Crippen LogP contribution in [0.2, 0.25) is 5.02 Å². The van der Waals surface area contributed by atoms with Crippen LogP contribution in [0, 0.1) is 0 Å². The van der Waals surface area contributed by atoms with E-state index in [2.05, 4.69) is 36.3 Å². The molecule has 0 spiro atoms. The smallest absolute Gasteiger partial charge is 0.246 e. The molecule has 1 saturated heterocycles. The Morgan fingerprint density at radius 3 is 2.65 bits per heavy atom. The molecule has 0 unspecified atom stereocenters. The first-order valence-corrected chi connectivity index (χ1v) is 11.0. The van der Waals surface area contributed by atoms with Crippen molar-refractivity contribution >= 4 is 34.3 Å². The molecule has 31 heavy (non-hydrogen) atoms. The van der Waals surface area contributed by atoms with Crippen LogP contribution in [0.4, 0.5) is 0 Å². The lowest BCUT2D eigenvalue weighted by molar-refractivity contribution is -0.133.